The van der Waals surface area contributed by atoms with E-state index in [-0.39, 0.29) is 42.7 Å². The number of ether oxygens (including phenoxy) is 1. The van der Waals surface area contributed by atoms with Crippen molar-refractivity contribution >= 4 is 39.3 Å². The maximum absolute atomic E-state index is 12.9. The van der Waals surface area contributed by atoms with Crippen LogP contribution in [-0.2, 0) is 16.1 Å². The summed E-state index contributed by atoms with van der Waals surface area (Å²) in [6.07, 6.45) is 0. The number of amides is 3. The summed E-state index contributed by atoms with van der Waals surface area (Å²) in [5.74, 6) is -1.44. The summed E-state index contributed by atoms with van der Waals surface area (Å²) in [7, 11) is 0. The first-order chi connectivity index (χ1) is 15.9. The Kier molecular flexibility index (Phi) is 8.54. The molecule has 9 heteroatoms. The molecule has 3 N–H and O–H groups in total. The van der Waals surface area contributed by atoms with Gasteiger partial charge in [-0.25, -0.2) is 4.39 Å². The van der Waals surface area contributed by atoms with Gasteiger partial charge in [-0.15, -0.1) is 0 Å². The van der Waals surface area contributed by atoms with Gasteiger partial charge in [0.05, 0.1) is 12.1 Å². The molecule has 170 valence electrons. The molecule has 0 spiro atoms. The summed E-state index contributed by atoms with van der Waals surface area (Å²) in [4.78, 5) is 36.7. The minimum Gasteiger partial charge on any atom is -0.483 e. The Balaban J connectivity index is 1.48. The zero-order chi connectivity index (χ0) is 23.6. The second-order valence-electron chi connectivity index (χ2n) is 6.93. The molecule has 0 aliphatic heterocycles. The van der Waals surface area contributed by atoms with Crippen LogP contribution in [0.3, 0.4) is 0 Å². The second-order valence-corrected chi connectivity index (χ2v) is 7.84. The molecule has 0 atom stereocenters. The van der Waals surface area contributed by atoms with Crippen LogP contribution < -0.4 is 20.7 Å². The van der Waals surface area contributed by atoms with Gasteiger partial charge in [0.1, 0.15) is 11.6 Å². The minimum absolute atomic E-state index is 0.195. The fourth-order valence-electron chi connectivity index (χ4n) is 2.77. The predicted octanol–water partition coefficient (Wildman–Crippen LogP) is 3.65. The smallest absolute Gasteiger partial charge is 0.262 e. The molecule has 0 heterocycles. The van der Waals surface area contributed by atoms with Crippen LogP contribution in [0.1, 0.15) is 15.9 Å². The Morgan fingerprint density at radius 1 is 0.848 bits per heavy atom. The van der Waals surface area contributed by atoms with Crippen molar-refractivity contribution in [2.45, 2.75) is 6.54 Å². The third-order valence-electron chi connectivity index (χ3n) is 4.43. The van der Waals surface area contributed by atoms with E-state index in [1.54, 1.807) is 54.6 Å². The summed E-state index contributed by atoms with van der Waals surface area (Å²) < 4.78 is 19.3. The van der Waals surface area contributed by atoms with Gasteiger partial charge in [0, 0.05) is 16.7 Å². The molecule has 3 rings (SSSR count). The Morgan fingerprint density at radius 2 is 1.55 bits per heavy atom. The first kappa shape index (κ1) is 23.9. The zero-order valence-electron chi connectivity index (χ0n) is 17.4. The maximum atomic E-state index is 12.9. The fraction of sp³-hybridized carbons (Fsp3) is 0.125. The molecule has 0 unspecified atom stereocenters. The van der Waals surface area contributed by atoms with E-state index in [2.05, 4.69) is 31.9 Å². The van der Waals surface area contributed by atoms with E-state index in [0.717, 1.165) is 10.0 Å². The number of rotatable bonds is 9. The molecule has 0 saturated heterocycles. The van der Waals surface area contributed by atoms with Crippen LogP contribution in [0.25, 0.3) is 0 Å². The van der Waals surface area contributed by atoms with Crippen LogP contribution in [0.5, 0.6) is 5.75 Å². The Morgan fingerprint density at radius 3 is 2.27 bits per heavy atom. The molecular formula is C24H21BrFN3O4. The molecule has 0 fully saturated rings. The number of hydrogen-bond acceptors (Lipinski definition) is 4. The normalized spacial score (nSPS) is 10.2. The van der Waals surface area contributed by atoms with Crippen LogP contribution in [0.4, 0.5) is 10.1 Å². The van der Waals surface area contributed by atoms with Crippen molar-refractivity contribution in [2.24, 2.45) is 0 Å². The summed E-state index contributed by atoms with van der Waals surface area (Å²) in [6.45, 7) is -0.334. The standard InChI is InChI=1S/C24H21BrFN3O4/c25-17-7-11-19(12-8-17)29-23(31)15-33-21-4-2-1-3-20(21)24(32)28-14-22(30)27-13-16-5-9-18(26)10-6-16/h1-12H,13-15H2,(H,27,30)(H,28,32)(H,29,31). The van der Waals surface area contributed by atoms with Gasteiger partial charge in [-0.05, 0) is 54.1 Å². The lowest BCUT2D eigenvalue weighted by Crippen LogP contribution is -2.36. The lowest BCUT2D eigenvalue weighted by atomic mass is 10.2. The molecule has 0 radical (unpaired) electrons. The van der Waals surface area contributed by atoms with Crippen LogP contribution in [-0.4, -0.2) is 30.9 Å². The largest absolute Gasteiger partial charge is 0.483 e. The molecule has 3 amide bonds. The van der Waals surface area contributed by atoms with Crippen LogP contribution in [0.15, 0.2) is 77.3 Å². The van der Waals surface area contributed by atoms with E-state index in [1.165, 1.54) is 18.2 Å². The van der Waals surface area contributed by atoms with Crippen LogP contribution in [0, 0.1) is 5.82 Å². The van der Waals surface area contributed by atoms with Crippen LogP contribution >= 0.6 is 15.9 Å². The van der Waals surface area contributed by atoms with E-state index >= 15 is 0 Å². The monoisotopic (exact) mass is 513 g/mol. The highest BCUT2D eigenvalue weighted by molar-refractivity contribution is 9.10. The van der Waals surface area contributed by atoms with Crippen molar-refractivity contribution in [3.05, 3.63) is 94.2 Å². The minimum atomic E-state index is -0.518. The number of nitrogens with one attached hydrogen (secondary N) is 3. The number of para-hydroxylation sites is 1. The van der Waals surface area contributed by atoms with Gasteiger partial charge in [0.2, 0.25) is 5.91 Å². The number of benzene rings is 3. The van der Waals surface area contributed by atoms with Gasteiger partial charge in [-0.1, -0.05) is 40.2 Å². The molecular weight excluding hydrogens is 493 g/mol. The molecule has 0 saturated carbocycles. The second kappa shape index (κ2) is 11.8. The van der Waals surface area contributed by atoms with Gasteiger partial charge in [-0.3, -0.25) is 14.4 Å². The number of anilines is 1. The molecule has 0 aliphatic carbocycles. The maximum Gasteiger partial charge on any atom is 0.262 e. The zero-order valence-corrected chi connectivity index (χ0v) is 19.0. The van der Waals surface area contributed by atoms with E-state index < -0.39 is 11.8 Å². The Bertz CT molecular complexity index is 1120. The topological polar surface area (TPSA) is 96.5 Å². The number of carbonyl (C=O) groups excluding carboxylic acids is 3. The molecule has 3 aromatic carbocycles. The average Bonchev–Trinajstić information content (AvgIpc) is 2.82. The summed E-state index contributed by atoms with van der Waals surface area (Å²) in [5, 5.41) is 7.86. The van der Waals surface area contributed by atoms with Gasteiger partial charge in [0.25, 0.3) is 11.8 Å². The molecule has 7 nitrogen and oxygen atoms in total. The lowest BCUT2D eigenvalue weighted by molar-refractivity contribution is -0.120. The average molecular weight is 514 g/mol. The first-order valence-corrected chi connectivity index (χ1v) is 10.8. The lowest BCUT2D eigenvalue weighted by Gasteiger charge is -2.12. The third-order valence-corrected chi connectivity index (χ3v) is 4.96. The van der Waals surface area contributed by atoms with E-state index in [9.17, 15) is 18.8 Å². The molecule has 0 aliphatic rings. The van der Waals surface area contributed by atoms with Crippen LogP contribution in [0.2, 0.25) is 0 Å². The Hall–Kier alpha value is -3.72. The number of hydrogen-bond donors (Lipinski definition) is 3. The van der Waals surface area contributed by atoms with E-state index in [1.807, 2.05) is 0 Å². The highest BCUT2D eigenvalue weighted by atomic mass is 79.9. The van der Waals surface area contributed by atoms with Crippen molar-refractivity contribution in [3.63, 3.8) is 0 Å². The van der Waals surface area contributed by atoms with Crippen molar-refractivity contribution in [1.82, 2.24) is 10.6 Å². The Labute approximate surface area is 198 Å². The van der Waals surface area contributed by atoms with Gasteiger partial charge in [0.15, 0.2) is 6.61 Å². The third kappa shape index (κ3) is 7.73. The highest BCUT2D eigenvalue weighted by Crippen LogP contribution is 2.18. The molecule has 0 bridgehead atoms. The number of halogens is 2. The van der Waals surface area contributed by atoms with Crippen molar-refractivity contribution in [1.29, 1.82) is 0 Å². The summed E-state index contributed by atoms with van der Waals surface area (Å²) >= 11 is 3.32. The summed E-state index contributed by atoms with van der Waals surface area (Å²) in [6, 6.07) is 19.2. The van der Waals surface area contributed by atoms with Gasteiger partial charge < -0.3 is 20.7 Å². The summed E-state index contributed by atoms with van der Waals surface area (Å²) in [5.41, 5.74) is 1.54. The van der Waals surface area contributed by atoms with E-state index in [4.69, 9.17) is 4.74 Å². The van der Waals surface area contributed by atoms with Gasteiger partial charge in [-0.2, -0.15) is 0 Å². The molecule has 33 heavy (non-hydrogen) atoms. The van der Waals surface area contributed by atoms with E-state index in [0.29, 0.717) is 5.69 Å². The quantitative estimate of drug-likeness (QED) is 0.406. The van der Waals surface area contributed by atoms with Crippen molar-refractivity contribution in [2.75, 3.05) is 18.5 Å². The fourth-order valence-corrected chi connectivity index (χ4v) is 3.04. The number of carbonyl (C=O) groups is 3. The highest BCUT2D eigenvalue weighted by Gasteiger charge is 2.14. The molecule has 0 aromatic heterocycles. The van der Waals surface area contributed by atoms with Gasteiger partial charge >= 0.3 is 0 Å². The SMILES string of the molecule is O=C(CNC(=O)c1ccccc1OCC(=O)Nc1ccc(Br)cc1)NCc1ccc(F)cc1. The van der Waals surface area contributed by atoms with Crippen molar-refractivity contribution in [3.8, 4) is 5.75 Å². The van der Waals surface area contributed by atoms with Crippen molar-refractivity contribution < 1.29 is 23.5 Å². The predicted molar refractivity (Wildman–Crippen MR) is 125 cm³/mol. The first-order valence-electron chi connectivity index (χ1n) is 9.97. The molecule has 3 aromatic rings.